The zero-order chi connectivity index (χ0) is 8.48. The van der Waals surface area contributed by atoms with Crippen LogP contribution in [-0.4, -0.2) is 17.9 Å². The number of hydrogen-bond donors (Lipinski definition) is 1. The van der Waals surface area contributed by atoms with Gasteiger partial charge in [0.1, 0.15) is 5.76 Å². The number of ether oxygens (including phenoxy) is 1. The summed E-state index contributed by atoms with van der Waals surface area (Å²) >= 11 is 0. The molecule has 1 aliphatic heterocycles. The maximum atomic E-state index is 11.7. The summed E-state index contributed by atoms with van der Waals surface area (Å²) in [5.41, 5.74) is 0. The molecule has 64 valence electrons. The largest absolute Gasteiger partial charge is 0.502 e. The number of alkyl halides is 3. The van der Waals surface area contributed by atoms with Gasteiger partial charge < -0.3 is 9.84 Å². The number of allylic oxidation sites excluding steroid dienone is 2. The Morgan fingerprint density at radius 3 is 2.45 bits per heavy atom. The molecule has 0 aliphatic carbocycles. The van der Waals surface area contributed by atoms with Crippen LogP contribution in [0, 0.1) is 0 Å². The summed E-state index contributed by atoms with van der Waals surface area (Å²) in [4.78, 5) is 0. The Bertz CT molecular complexity index is 175. The molecule has 0 amide bonds. The van der Waals surface area contributed by atoms with Gasteiger partial charge in [0.2, 0.25) is 5.76 Å². The number of hydrogen-bond acceptors (Lipinski definition) is 2. The lowest BCUT2D eigenvalue weighted by Crippen LogP contribution is -2.13. The molecule has 0 aromatic rings. The van der Waals surface area contributed by atoms with Crippen LogP contribution in [0.2, 0.25) is 0 Å². The van der Waals surface area contributed by atoms with Crippen molar-refractivity contribution in [2.75, 3.05) is 6.61 Å². The molecule has 1 rings (SSSR count). The molecule has 0 unspecified atom stereocenters. The van der Waals surface area contributed by atoms with Crippen LogP contribution in [0.3, 0.4) is 0 Å². The Balaban J connectivity index is 2.77. The monoisotopic (exact) mass is 168 g/mol. The van der Waals surface area contributed by atoms with Gasteiger partial charge in [-0.3, -0.25) is 0 Å². The smallest absolute Gasteiger partial charge is 0.452 e. The minimum atomic E-state index is -4.67. The van der Waals surface area contributed by atoms with Gasteiger partial charge in [-0.2, -0.15) is 13.2 Å². The van der Waals surface area contributed by atoms with Crippen LogP contribution in [-0.2, 0) is 4.74 Å². The van der Waals surface area contributed by atoms with Gasteiger partial charge >= 0.3 is 6.18 Å². The maximum Gasteiger partial charge on any atom is 0.452 e. The molecule has 0 bridgehead atoms. The molecule has 2 nitrogen and oxygen atoms in total. The SMILES string of the molecule is O/C(=C1\CCCO1)C(F)(F)F. The minimum absolute atomic E-state index is 0.172. The zero-order valence-electron chi connectivity index (χ0n) is 5.61. The molecule has 1 aliphatic rings. The van der Waals surface area contributed by atoms with Gasteiger partial charge in [0.15, 0.2) is 0 Å². The molecule has 1 fully saturated rings. The number of aliphatic hydroxyl groups is 1. The van der Waals surface area contributed by atoms with Crippen molar-refractivity contribution in [2.24, 2.45) is 0 Å². The highest BCUT2D eigenvalue weighted by Gasteiger charge is 2.38. The minimum Gasteiger partial charge on any atom is -0.502 e. The summed E-state index contributed by atoms with van der Waals surface area (Å²) in [5, 5.41) is 8.52. The molecule has 11 heavy (non-hydrogen) atoms. The van der Waals surface area contributed by atoms with Crippen molar-refractivity contribution in [3.63, 3.8) is 0 Å². The summed E-state index contributed by atoms with van der Waals surface area (Å²) in [7, 11) is 0. The van der Waals surface area contributed by atoms with E-state index in [-0.39, 0.29) is 18.8 Å². The van der Waals surface area contributed by atoms with Crippen LogP contribution in [0.25, 0.3) is 0 Å². The number of rotatable bonds is 0. The van der Waals surface area contributed by atoms with Crippen LogP contribution in [0.5, 0.6) is 0 Å². The molecule has 5 heteroatoms. The first kappa shape index (κ1) is 8.23. The maximum absolute atomic E-state index is 11.7. The number of aliphatic hydroxyl groups excluding tert-OH is 1. The van der Waals surface area contributed by atoms with Gasteiger partial charge in [-0.1, -0.05) is 0 Å². The first-order valence-corrected chi connectivity index (χ1v) is 3.14. The van der Waals surface area contributed by atoms with E-state index < -0.39 is 11.9 Å². The fraction of sp³-hybridized carbons (Fsp3) is 0.667. The summed E-state index contributed by atoms with van der Waals surface area (Å²) < 4.78 is 39.7. The Kier molecular flexibility index (Phi) is 1.97. The second-order valence-electron chi connectivity index (χ2n) is 2.22. The Labute approximate surface area is 61.3 Å². The first-order chi connectivity index (χ1) is 5.02. The molecular formula is C6H7F3O2. The predicted molar refractivity (Wildman–Crippen MR) is 30.9 cm³/mol. The highest BCUT2D eigenvalue weighted by atomic mass is 19.4. The molecule has 0 saturated carbocycles. The van der Waals surface area contributed by atoms with Crippen LogP contribution in [0.15, 0.2) is 11.5 Å². The van der Waals surface area contributed by atoms with E-state index in [1.807, 2.05) is 0 Å². The van der Waals surface area contributed by atoms with E-state index >= 15 is 0 Å². The average Bonchev–Trinajstić information content (AvgIpc) is 2.34. The van der Waals surface area contributed by atoms with Crippen molar-refractivity contribution in [3.05, 3.63) is 11.5 Å². The zero-order valence-corrected chi connectivity index (χ0v) is 5.61. The van der Waals surface area contributed by atoms with Crippen molar-refractivity contribution < 1.29 is 23.0 Å². The van der Waals surface area contributed by atoms with Crippen LogP contribution in [0.4, 0.5) is 13.2 Å². The fourth-order valence-corrected chi connectivity index (χ4v) is 0.845. The number of halogens is 3. The topological polar surface area (TPSA) is 29.5 Å². The molecule has 0 aromatic carbocycles. The van der Waals surface area contributed by atoms with Crippen LogP contribution >= 0.6 is 0 Å². The second kappa shape index (κ2) is 2.64. The molecule has 0 spiro atoms. The third-order valence-corrected chi connectivity index (χ3v) is 1.36. The highest BCUT2D eigenvalue weighted by Crippen LogP contribution is 2.30. The van der Waals surface area contributed by atoms with E-state index in [4.69, 9.17) is 5.11 Å². The van der Waals surface area contributed by atoms with E-state index in [2.05, 4.69) is 4.74 Å². The van der Waals surface area contributed by atoms with Gasteiger partial charge in [-0.25, -0.2) is 0 Å². The lowest BCUT2D eigenvalue weighted by molar-refractivity contribution is -0.125. The van der Waals surface area contributed by atoms with Gasteiger partial charge in [-0.15, -0.1) is 0 Å². The van der Waals surface area contributed by atoms with E-state index in [0.717, 1.165) is 0 Å². The first-order valence-electron chi connectivity index (χ1n) is 3.14. The van der Waals surface area contributed by atoms with E-state index in [1.54, 1.807) is 0 Å². The molecular weight excluding hydrogens is 161 g/mol. The van der Waals surface area contributed by atoms with Crippen molar-refractivity contribution in [1.29, 1.82) is 0 Å². The van der Waals surface area contributed by atoms with Crippen molar-refractivity contribution >= 4 is 0 Å². The Morgan fingerprint density at radius 1 is 1.45 bits per heavy atom. The lowest BCUT2D eigenvalue weighted by atomic mass is 10.3. The third-order valence-electron chi connectivity index (χ3n) is 1.36. The molecule has 1 N–H and O–H groups in total. The lowest BCUT2D eigenvalue weighted by Gasteiger charge is -2.07. The van der Waals surface area contributed by atoms with Crippen molar-refractivity contribution in [1.82, 2.24) is 0 Å². The van der Waals surface area contributed by atoms with Gasteiger partial charge in [0, 0.05) is 6.42 Å². The standard InChI is InChI=1S/C6H7F3O2/c7-6(8,9)5(10)4-2-1-3-11-4/h10H,1-3H2/b5-4+. The second-order valence-corrected chi connectivity index (χ2v) is 2.22. The van der Waals surface area contributed by atoms with Crippen molar-refractivity contribution in [2.45, 2.75) is 19.0 Å². The third kappa shape index (κ3) is 1.78. The predicted octanol–water partition coefficient (Wildman–Crippen LogP) is 2.13. The molecule has 0 radical (unpaired) electrons. The molecule has 1 saturated heterocycles. The Hall–Kier alpha value is -0.870. The van der Waals surface area contributed by atoms with E-state index in [0.29, 0.717) is 6.42 Å². The van der Waals surface area contributed by atoms with E-state index in [9.17, 15) is 13.2 Å². The normalized spacial score (nSPS) is 23.2. The van der Waals surface area contributed by atoms with Gasteiger partial charge in [0.25, 0.3) is 0 Å². The summed E-state index contributed by atoms with van der Waals surface area (Å²) in [6.45, 7) is 0.259. The average molecular weight is 168 g/mol. The highest BCUT2D eigenvalue weighted by molar-refractivity contribution is 5.07. The van der Waals surface area contributed by atoms with Crippen LogP contribution in [0.1, 0.15) is 12.8 Å². The molecule has 1 heterocycles. The summed E-state index contributed by atoms with van der Waals surface area (Å²) in [5.74, 6) is -1.92. The Morgan fingerprint density at radius 2 is 2.09 bits per heavy atom. The molecule has 0 atom stereocenters. The van der Waals surface area contributed by atoms with Gasteiger partial charge in [0.05, 0.1) is 6.61 Å². The molecule has 0 aromatic heterocycles. The summed E-state index contributed by atoms with van der Waals surface area (Å²) in [6, 6.07) is 0. The van der Waals surface area contributed by atoms with Crippen LogP contribution < -0.4 is 0 Å². The van der Waals surface area contributed by atoms with Crippen molar-refractivity contribution in [3.8, 4) is 0 Å². The van der Waals surface area contributed by atoms with E-state index in [1.165, 1.54) is 0 Å². The summed E-state index contributed by atoms with van der Waals surface area (Å²) in [6.07, 6.45) is -3.96. The quantitative estimate of drug-likeness (QED) is 0.561. The fourth-order valence-electron chi connectivity index (χ4n) is 0.845. The van der Waals surface area contributed by atoms with Gasteiger partial charge in [-0.05, 0) is 6.42 Å².